The SMILES string of the molecule is O=C1c2ccccc2NC(c2ccncc2)N1c1ccccc1Cl. The molecule has 5 heteroatoms. The minimum absolute atomic E-state index is 0.0840. The molecule has 0 fully saturated rings. The molecule has 1 aliphatic heterocycles. The number of halogens is 1. The molecule has 1 aromatic heterocycles. The van der Waals surface area contributed by atoms with Gasteiger partial charge >= 0.3 is 0 Å². The molecule has 2 aromatic carbocycles. The quantitative estimate of drug-likeness (QED) is 0.749. The summed E-state index contributed by atoms with van der Waals surface area (Å²) in [7, 11) is 0. The molecular weight excluding hydrogens is 322 g/mol. The van der Waals surface area contributed by atoms with E-state index < -0.39 is 0 Å². The third-order valence-electron chi connectivity index (χ3n) is 4.06. The largest absolute Gasteiger partial charge is 0.360 e. The third kappa shape index (κ3) is 2.41. The number of aromatic nitrogens is 1. The number of pyridine rings is 1. The number of benzene rings is 2. The van der Waals surface area contributed by atoms with Crippen molar-refractivity contribution in [1.29, 1.82) is 0 Å². The number of para-hydroxylation sites is 2. The van der Waals surface area contributed by atoms with E-state index in [9.17, 15) is 4.79 Å². The predicted octanol–water partition coefficient (Wildman–Crippen LogP) is 4.51. The fraction of sp³-hybridized carbons (Fsp3) is 0.0526. The highest BCUT2D eigenvalue weighted by molar-refractivity contribution is 6.34. The second-order valence-electron chi connectivity index (χ2n) is 5.50. The van der Waals surface area contributed by atoms with Crippen LogP contribution in [-0.2, 0) is 0 Å². The zero-order chi connectivity index (χ0) is 16.5. The van der Waals surface area contributed by atoms with Gasteiger partial charge in [0, 0.05) is 18.1 Å². The summed E-state index contributed by atoms with van der Waals surface area (Å²) in [5, 5.41) is 3.97. The van der Waals surface area contributed by atoms with Crippen LogP contribution in [0.2, 0.25) is 5.02 Å². The molecule has 0 saturated carbocycles. The van der Waals surface area contributed by atoms with Crippen LogP contribution in [0.3, 0.4) is 0 Å². The van der Waals surface area contributed by atoms with Gasteiger partial charge in [-0.1, -0.05) is 35.9 Å². The number of nitrogens with one attached hydrogen (secondary N) is 1. The van der Waals surface area contributed by atoms with Crippen molar-refractivity contribution >= 4 is 28.9 Å². The Morgan fingerprint density at radius 2 is 1.67 bits per heavy atom. The van der Waals surface area contributed by atoms with Crippen molar-refractivity contribution in [2.75, 3.05) is 10.2 Å². The highest BCUT2D eigenvalue weighted by atomic mass is 35.5. The first kappa shape index (κ1) is 14.7. The number of fused-ring (bicyclic) bond motifs is 1. The van der Waals surface area contributed by atoms with Gasteiger partial charge in [0.15, 0.2) is 0 Å². The standard InChI is InChI=1S/C19H14ClN3O/c20-15-6-2-4-8-17(15)23-18(13-9-11-21-12-10-13)22-16-7-3-1-5-14(16)19(23)24/h1-12,18,22H. The minimum Gasteiger partial charge on any atom is -0.360 e. The lowest BCUT2D eigenvalue weighted by molar-refractivity contribution is 0.0975. The maximum Gasteiger partial charge on any atom is 0.262 e. The predicted molar refractivity (Wildman–Crippen MR) is 95.3 cm³/mol. The van der Waals surface area contributed by atoms with E-state index >= 15 is 0 Å². The lowest BCUT2D eigenvalue weighted by atomic mass is 10.0. The van der Waals surface area contributed by atoms with Crippen LogP contribution < -0.4 is 10.2 Å². The van der Waals surface area contributed by atoms with Gasteiger partial charge < -0.3 is 5.32 Å². The van der Waals surface area contributed by atoms with Gasteiger partial charge in [-0.25, -0.2) is 0 Å². The molecule has 118 valence electrons. The van der Waals surface area contributed by atoms with Gasteiger partial charge in [0.1, 0.15) is 6.17 Å². The average molecular weight is 336 g/mol. The van der Waals surface area contributed by atoms with Gasteiger partial charge in [-0.05, 0) is 42.0 Å². The van der Waals surface area contributed by atoms with Crippen LogP contribution in [0.4, 0.5) is 11.4 Å². The first-order valence-corrected chi connectivity index (χ1v) is 7.97. The summed E-state index contributed by atoms with van der Waals surface area (Å²) in [5.74, 6) is -0.0840. The topological polar surface area (TPSA) is 45.2 Å². The molecule has 3 aromatic rings. The number of carbonyl (C=O) groups excluding carboxylic acids is 1. The van der Waals surface area contributed by atoms with Crippen molar-refractivity contribution in [3.05, 3.63) is 89.2 Å². The van der Waals surface area contributed by atoms with E-state index in [2.05, 4.69) is 10.3 Å². The highest BCUT2D eigenvalue weighted by Gasteiger charge is 2.34. The molecule has 4 rings (SSSR count). The second kappa shape index (κ2) is 5.98. The molecule has 1 amide bonds. The van der Waals surface area contributed by atoms with Crippen LogP contribution in [0.5, 0.6) is 0 Å². The van der Waals surface area contributed by atoms with Crippen LogP contribution in [0.1, 0.15) is 22.1 Å². The second-order valence-corrected chi connectivity index (χ2v) is 5.91. The fourth-order valence-electron chi connectivity index (χ4n) is 2.93. The monoisotopic (exact) mass is 335 g/mol. The summed E-state index contributed by atoms with van der Waals surface area (Å²) in [4.78, 5) is 18.9. The molecule has 24 heavy (non-hydrogen) atoms. The molecule has 0 bridgehead atoms. The van der Waals surface area contributed by atoms with Gasteiger partial charge in [-0.2, -0.15) is 0 Å². The number of hydrogen-bond donors (Lipinski definition) is 1. The Labute approximate surface area is 144 Å². The third-order valence-corrected chi connectivity index (χ3v) is 4.38. The van der Waals surface area contributed by atoms with Crippen molar-refractivity contribution in [2.45, 2.75) is 6.17 Å². The number of amides is 1. The Kier molecular flexibility index (Phi) is 3.67. The van der Waals surface area contributed by atoms with Crippen LogP contribution in [0.25, 0.3) is 0 Å². The van der Waals surface area contributed by atoms with Crippen LogP contribution >= 0.6 is 11.6 Å². The molecule has 1 unspecified atom stereocenters. The summed E-state index contributed by atoms with van der Waals surface area (Å²) in [6.45, 7) is 0. The van der Waals surface area contributed by atoms with E-state index in [0.717, 1.165) is 11.3 Å². The average Bonchev–Trinajstić information content (AvgIpc) is 2.63. The summed E-state index contributed by atoms with van der Waals surface area (Å²) in [5.41, 5.74) is 3.05. The first-order valence-electron chi connectivity index (χ1n) is 7.59. The van der Waals surface area contributed by atoms with Crippen molar-refractivity contribution < 1.29 is 4.79 Å². The lowest BCUT2D eigenvalue weighted by Crippen LogP contribution is -2.43. The molecule has 1 atom stereocenters. The summed E-state index contributed by atoms with van der Waals surface area (Å²) < 4.78 is 0. The Bertz CT molecular complexity index is 898. The van der Waals surface area contributed by atoms with Gasteiger partial charge in [0.05, 0.1) is 16.3 Å². The first-order chi connectivity index (χ1) is 11.8. The Hall–Kier alpha value is -2.85. The van der Waals surface area contributed by atoms with E-state index in [-0.39, 0.29) is 12.1 Å². The lowest BCUT2D eigenvalue weighted by Gasteiger charge is -2.38. The number of anilines is 2. The van der Waals surface area contributed by atoms with Crippen molar-refractivity contribution in [3.8, 4) is 0 Å². The zero-order valence-electron chi connectivity index (χ0n) is 12.7. The maximum absolute atomic E-state index is 13.2. The maximum atomic E-state index is 13.2. The molecule has 1 N–H and O–H groups in total. The number of hydrogen-bond acceptors (Lipinski definition) is 3. The van der Waals surface area contributed by atoms with E-state index in [1.165, 1.54) is 0 Å². The number of rotatable bonds is 2. The molecule has 1 aliphatic rings. The van der Waals surface area contributed by atoms with Gasteiger partial charge in [-0.3, -0.25) is 14.7 Å². The van der Waals surface area contributed by atoms with Crippen LogP contribution in [0, 0.1) is 0 Å². The molecular formula is C19H14ClN3O. The Morgan fingerprint density at radius 1 is 0.958 bits per heavy atom. The van der Waals surface area contributed by atoms with Crippen molar-refractivity contribution in [3.63, 3.8) is 0 Å². The van der Waals surface area contributed by atoms with E-state index in [1.54, 1.807) is 23.4 Å². The van der Waals surface area contributed by atoms with E-state index in [1.807, 2.05) is 54.6 Å². The van der Waals surface area contributed by atoms with Gasteiger partial charge in [0.2, 0.25) is 0 Å². The zero-order valence-corrected chi connectivity index (χ0v) is 13.4. The molecule has 2 heterocycles. The van der Waals surface area contributed by atoms with E-state index in [4.69, 9.17) is 11.6 Å². The normalized spacial score (nSPS) is 16.5. The summed E-state index contributed by atoms with van der Waals surface area (Å²) >= 11 is 6.37. The Morgan fingerprint density at radius 3 is 2.46 bits per heavy atom. The minimum atomic E-state index is -0.352. The molecule has 0 spiro atoms. The smallest absolute Gasteiger partial charge is 0.262 e. The summed E-state index contributed by atoms with van der Waals surface area (Å²) in [6, 6.07) is 18.6. The van der Waals surface area contributed by atoms with E-state index in [0.29, 0.717) is 16.3 Å². The molecule has 4 nitrogen and oxygen atoms in total. The van der Waals surface area contributed by atoms with Crippen molar-refractivity contribution in [2.24, 2.45) is 0 Å². The highest BCUT2D eigenvalue weighted by Crippen LogP contribution is 2.39. The number of nitrogens with zero attached hydrogens (tertiary/aromatic N) is 2. The van der Waals surface area contributed by atoms with Crippen molar-refractivity contribution in [1.82, 2.24) is 4.98 Å². The fourth-order valence-corrected chi connectivity index (χ4v) is 3.15. The number of carbonyl (C=O) groups is 1. The molecule has 0 saturated heterocycles. The molecule has 0 aliphatic carbocycles. The van der Waals surface area contributed by atoms with Gasteiger partial charge in [0.25, 0.3) is 5.91 Å². The van der Waals surface area contributed by atoms with Gasteiger partial charge in [-0.15, -0.1) is 0 Å². The Balaban J connectivity index is 1.90. The molecule has 0 radical (unpaired) electrons. The summed E-state index contributed by atoms with van der Waals surface area (Å²) in [6.07, 6.45) is 3.08. The van der Waals surface area contributed by atoms with Crippen LogP contribution in [-0.4, -0.2) is 10.9 Å². The van der Waals surface area contributed by atoms with Crippen LogP contribution in [0.15, 0.2) is 73.1 Å².